The minimum atomic E-state index is -0.299. The van der Waals surface area contributed by atoms with Crippen molar-refractivity contribution >= 4 is 5.91 Å². The number of rotatable bonds is 7. The molecule has 0 unspecified atom stereocenters. The van der Waals surface area contributed by atoms with Gasteiger partial charge in [0.15, 0.2) is 0 Å². The van der Waals surface area contributed by atoms with Gasteiger partial charge in [-0.15, -0.1) is 0 Å². The third-order valence-corrected chi connectivity index (χ3v) is 4.64. The first-order valence-corrected chi connectivity index (χ1v) is 8.82. The summed E-state index contributed by atoms with van der Waals surface area (Å²) in [6.45, 7) is 2.45. The molecular weight excluding hydrogens is 332 g/mol. The van der Waals surface area contributed by atoms with E-state index in [-0.39, 0.29) is 24.0 Å². The Hall–Kier alpha value is -2.60. The van der Waals surface area contributed by atoms with Crippen LogP contribution in [-0.2, 0) is 0 Å². The van der Waals surface area contributed by atoms with Crippen molar-refractivity contribution in [1.29, 1.82) is 0 Å². The number of aliphatic hydroxyl groups excluding tert-OH is 1. The van der Waals surface area contributed by atoms with Gasteiger partial charge in [-0.1, -0.05) is 12.1 Å². The van der Waals surface area contributed by atoms with E-state index in [2.05, 4.69) is 10.3 Å². The number of methoxy groups -OCH3 is 1. The number of pyridine rings is 1. The van der Waals surface area contributed by atoms with Crippen LogP contribution in [0.4, 0.5) is 0 Å². The van der Waals surface area contributed by atoms with Gasteiger partial charge in [0.25, 0.3) is 5.91 Å². The Morgan fingerprint density at radius 2 is 2.15 bits per heavy atom. The van der Waals surface area contributed by atoms with E-state index < -0.39 is 0 Å². The lowest BCUT2D eigenvalue weighted by Crippen LogP contribution is -2.41. The fourth-order valence-corrected chi connectivity index (χ4v) is 3.19. The molecule has 0 saturated heterocycles. The summed E-state index contributed by atoms with van der Waals surface area (Å²) in [7, 11) is 1.56. The van der Waals surface area contributed by atoms with Gasteiger partial charge in [-0.05, 0) is 49.4 Å². The maximum absolute atomic E-state index is 12.8. The Morgan fingerprint density at radius 1 is 1.35 bits per heavy atom. The molecule has 6 heteroatoms. The summed E-state index contributed by atoms with van der Waals surface area (Å²) in [6, 6.07) is 10.6. The van der Waals surface area contributed by atoms with Gasteiger partial charge in [0.05, 0.1) is 25.9 Å². The summed E-state index contributed by atoms with van der Waals surface area (Å²) in [4.78, 5) is 17.0. The lowest BCUT2D eigenvalue weighted by molar-refractivity contribution is 0.0234. The third kappa shape index (κ3) is 4.14. The molecule has 0 aliphatic heterocycles. The average molecular weight is 356 g/mol. The first kappa shape index (κ1) is 18.2. The molecule has 26 heavy (non-hydrogen) atoms. The molecular formula is C20H24N2O4. The van der Waals surface area contributed by atoms with Crippen molar-refractivity contribution in [2.75, 3.05) is 13.7 Å². The summed E-state index contributed by atoms with van der Waals surface area (Å²) in [5.74, 6) is 1.20. The molecule has 0 radical (unpaired) electrons. The minimum absolute atomic E-state index is 0.172. The van der Waals surface area contributed by atoms with E-state index >= 15 is 0 Å². The molecule has 138 valence electrons. The van der Waals surface area contributed by atoms with Gasteiger partial charge in [-0.2, -0.15) is 0 Å². The van der Waals surface area contributed by atoms with Crippen LogP contribution in [0.3, 0.4) is 0 Å². The second-order valence-electron chi connectivity index (χ2n) is 6.43. The second kappa shape index (κ2) is 8.19. The Bertz CT molecular complexity index is 742. The Labute approximate surface area is 153 Å². The monoisotopic (exact) mass is 356 g/mol. The summed E-state index contributed by atoms with van der Waals surface area (Å²) >= 11 is 0. The van der Waals surface area contributed by atoms with Crippen LogP contribution in [0.1, 0.15) is 41.7 Å². The predicted molar refractivity (Wildman–Crippen MR) is 97.3 cm³/mol. The number of aromatic nitrogens is 1. The Kier molecular flexibility index (Phi) is 5.73. The van der Waals surface area contributed by atoms with E-state index in [1.54, 1.807) is 37.6 Å². The Morgan fingerprint density at radius 3 is 2.77 bits per heavy atom. The largest absolute Gasteiger partial charge is 0.494 e. The van der Waals surface area contributed by atoms with Gasteiger partial charge in [0.1, 0.15) is 5.75 Å². The van der Waals surface area contributed by atoms with Crippen LogP contribution >= 0.6 is 0 Å². The zero-order valence-corrected chi connectivity index (χ0v) is 15.0. The van der Waals surface area contributed by atoms with Crippen molar-refractivity contribution in [2.45, 2.75) is 31.9 Å². The van der Waals surface area contributed by atoms with Gasteiger partial charge in [0, 0.05) is 17.8 Å². The SMILES string of the molecule is CCOc1cccc(C(=O)N[C@@H](c2ccc(OC)nc2)C2CC(O)C2)c1. The molecule has 1 aliphatic rings. The van der Waals surface area contributed by atoms with Crippen molar-refractivity contribution in [2.24, 2.45) is 5.92 Å². The fraction of sp³-hybridized carbons (Fsp3) is 0.400. The summed E-state index contributed by atoms with van der Waals surface area (Å²) in [5.41, 5.74) is 1.44. The summed E-state index contributed by atoms with van der Waals surface area (Å²) in [6.07, 6.45) is 2.74. The zero-order chi connectivity index (χ0) is 18.5. The molecule has 1 saturated carbocycles. The highest BCUT2D eigenvalue weighted by Gasteiger charge is 2.36. The number of hydrogen-bond acceptors (Lipinski definition) is 5. The molecule has 1 atom stereocenters. The lowest BCUT2D eigenvalue weighted by atomic mass is 9.75. The van der Waals surface area contributed by atoms with Crippen molar-refractivity contribution in [3.8, 4) is 11.6 Å². The molecule has 1 amide bonds. The number of hydrogen-bond donors (Lipinski definition) is 2. The number of carbonyl (C=O) groups excluding carboxylic acids is 1. The molecule has 3 rings (SSSR count). The van der Waals surface area contributed by atoms with E-state index in [0.29, 0.717) is 36.6 Å². The van der Waals surface area contributed by atoms with Crippen molar-refractivity contribution < 1.29 is 19.4 Å². The fourth-order valence-electron chi connectivity index (χ4n) is 3.19. The van der Waals surface area contributed by atoms with Crippen molar-refractivity contribution in [3.63, 3.8) is 0 Å². The van der Waals surface area contributed by atoms with E-state index in [4.69, 9.17) is 9.47 Å². The number of ether oxygens (including phenoxy) is 2. The molecule has 0 spiro atoms. The molecule has 2 aromatic rings. The quantitative estimate of drug-likeness (QED) is 0.797. The first-order valence-electron chi connectivity index (χ1n) is 8.82. The standard InChI is InChI=1S/C20H24N2O4/c1-3-26-17-6-4-5-13(11-17)20(24)22-19(15-9-16(23)10-15)14-7-8-18(25-2)21-12-14/h4-8,11-12,15-16,19,23H,3,9-10H2,1-2H3,(H,22,24)/t15?,16?,19-/m0/s1. The molecule has 1 aromatic heterocycles. The lowest BCUT2D eigenvalue weighted by Gasteiger charge is -2.38. The molecule has 1 heterocycles. The van der Waals surface area contributed by atoms with E-state index in [9.17, 15) is 9.90 Å². The van der Waals surface area contributed by atoms with E-state index in [0.717, 1.165) is 5.56 Å². The topological polar surface area (TPSA) is 80.7 Å². The van der Waals surface area contributed by atoms with Crippen LogP contribution < -0.4 is 14.8 Å². The number of nitrogens with zero attached hydrogens (tertiary/aromatic N) is 1. The van der Waals surface area contributed by atoms with Gasteiger partial charge in [0.2, 0.25) is 5.88 Å². The third-order valence-electron chi connectivity index (χ3n) is 4.64. The second-order valence-corrected chi connectivity index (χ2v) is 6.43. The minimum Gasteiger partial charge on any atom is -0.494 e. The van der Waals surface area contributed by atoms with Gasteiger partial charge >= 0.3 is 0 Å². The van der Waals surface area contributed by atoms with Crippen LogP contribution in [0.25, 0.3) is 0 Å². The number of amides is 1. The zero-order valence-electron chi connectivity index (χ0n) is 15.0. The highest BCUT2D eigenvalue weighted by atomic mass is 16.5. The molecule has 1 fully saturated rings. The Balaban J connectivity index is 1.78. The van der Waals surface area contributed by atoms with Crippen molar-refractivity contribution in [3.05, 3.63) is 53.7 Å². The maximum atomic E-state index is 12.8. The number of aliphatic hydroxyl groups is 1. The number of benzene rings is 1. The summed E-state index contributed by atoms with van der Waals surface area (Å²) in [5, 5.41) is 12.8. The van der Waals surface area contributed by atoms with E-state index in [1.807, 2.05) is 19.1 Å². The van der Waals surface area contributed by atoms with Crippen molar-refractivity contribution in [1.82, 2.24) is 10.3 Å². The number of nitrogens with one attached hydrogen (secondary N) is 1. The molecule has 6 nitrogen and oxygen atoms in total. The van der Waals surface area contributed by atoms with Crippen LogP contribution in [0.15, 0.2) is 42.6 Å². The predicted octanol–water partition coefficient (Wildman–Crippen LogP) is 2.73. The van der Waals surface area contributed by atoms with Crippen LogP contribution in [0, 0.1) is 5.92 Å². The highest BCUT2D eigenvalue weighted by molar-refractivity contribution is 5.94. The maximum Gasteiger partial charge on any atom is 0.251 e. The number of carbonyl (C=O) groups is 1. The highest BCUT2D eigenvalue weighted by Crippen LogP contribution is 2.38. The molecule has 0 bridgehead atoms. The van der Waals surface area contributed by atoms with Crippen LogP contribution in [0.2, 0.25) is 0 Å². The van der Waals surface area contributed by atoms with Gasteiger partial charge in [-0.3, -0.25) is 4.79 Å². The van der Waals surface area contributed by atoms with Crippen LogP contribution in [0.5, 0.6) is 11.6 Å². The van der Waals surface area contributed by atoms with E-state index in [1.165, 1.54) is 0 Å². The van der Waals surface area contributed by atoms with Crippen LogP contribution in [-0.4, -0.2) is 35.8 Å². The smallest absolute Gasteiger partial charge is 0.251 e. The normalized spacial score (nSPS) is 20.0. The molecule has 1 aliphatic carbocycles. The van der Waals surface area contributed by atoms with Gasteiger partial charge < -0.3 is 19.9 Å². The first-order chi connectivity index (χ1) is 12.6. The average Bonchev–Trinajstić information content (AvgIpc) is 2.64. The summed E-state index contributed by atoms with van der Waals surface area (Å²) < 4.78 is 10.6. The van der Waals surface area contributed by atoms with Gasteiger partial charge in [-0.25, -0.2) is 4.98 Å². The molecule has 1 aromatic carbocycles. The molecule has 2 N–H and O–H groups in total.